The minimum atomic E-state index is -0.562. The number of methoxy groups -OCH3 is 1. The van der Waals surface area contributed by atoms with Gasteiger partial charge in [0.05, 0.1) is 6.54 Å². The summed E-state index contributed by atoms with van der Waals surface area (Å²) in [5.74, 6) is 3.14. The van der Waals surface area contributed by atoms with Crippen LogP contribution in [0.1, 0.15) is 24.5 Å². The van der Waals surface area contributed by atoms with Crippen molar-refractivity contribution in [1.82, 2.24) is 4.90 Å². The molecule has 0 N–H and O–H groups in total. The Morgan fingerprint density at radius 3 is 2.68 bits per heavy atom. The molecule has 3 nitrogen and oxygen atoms in total. The van der Waals surface area contributed by atoms with Crippen molar-refractivity contribution in [3.63, 3.8) is 0 Å². The van der Waals surface area contributed by atoms with Crippen LogP contribution in [0.25, 0.3) is 0 Å². The molecule has 1 fully saturated rings. The lowest BCUT2D eigenvalue weighted by Crippen LogP contribution is -2.37. The van der Waals surface area contributed by atoms with E-state index in [4.69, 9.17) is 11.2 Å². The van der Waals surface area contributed by atoms with Crippen molar-refractivity contribution in [2.45, 2.75) is 18.9 Å². The second-order valence-electron chi connectivity index (χ2n) is 4.89. The van der Waals surface area contributed by atoms with Gasteiger partial charge in [0.1, 0.15) is 0 Å². The van der Waals surface area contributed by atoms with E-state index < -0.39 is 6.10 Å². The van der Waals surface area contributed by atoms with Crippen LogP contribution in [0.5, 0.6) is 0 Å². The summed E-state index contributed by atoms with van der Waals surface area (Å²) in [4.78, 5) is 14.3. The molecule has 0 aromatic heterocycles. The molecule has 0 spiro atoms. The fraction of sp³-hybridized carbons (Fsp3) is 0.438. The Labute approximate surface area is 114 Å². The van der Waals surface area contributed by atoms with E-state index >= 15 is 0 Å². The van der Waals surface area contributed by atoms with Gasteiger partial charge in [-0.1, -0.05) is 36.3 Å². The number of nitrogens with zero attached hydrogens (tertiary/aromatic N) is 1. The van der Waals surface area contributed by atoms with E-state index in [-0.39, 0.29) is 5.91 Å². The lowest BCUT2D eigenvalue weighted by molar-refractivity contribution is -0.142. The molecule has 1 aliphatic rings. The Morgan fingerprint density at radius 2 is 2.16 bits per heavy atom. The van der Waals surface area contributed by atoms with Crippen molar-refractivity contribution in [2.24, 2.45) is 5.92 Å². The van der Waals surface area contributed by atoms with Crippen molar-refractivity contribution < 1.29 is 9.53 Å². The molecular formula is C16H19NO2. The number of rotatable bonds is 6. The van der Waals surface area contributed by atoms with Gasteiger partial charge in [0.25, 0.3) is 5.91 Å². The predicted molar refractivity (Wildman–Crippen MR) is 74.3 cm³/mol. The van der Waals surface area contributed by atoms with Crippen LogP contribution in [-0.4, -0.2) is 31.0 Å². The molecule has 2 rings (SSSR count). The van der Waals surface area contributed by atoms with Gasteiger partial charge in [0.15, 0.2) is 6.10 Å². The van der Waals surface area contributed by atoms with Gasteiger partial charge in [-0.3, -0.25) is 4.79 Å². The number of hydrogen-bond donors (Lipinski definition) is 0. The van der Waals surface area contributed by atoms with E-state index in [1.807, 2.05) is 30.3 Å². The number of benzene rings is 1. The fourth-order valence-electron chi connectivity index (χ4n) is 2.13. The third kappa shape index (κ3) is 3.59. The molecule has 0 aliphatic heterocycles. The number of hydrogen-bond acceptors (Lipinski definition) is 2. The van der Waals surface area contributed by atoms with Gasteiger partial charge in [-0.25, -0.2) is 0 Å². The number of carbonyl (C=O) groups is 1. The molecule has 1 saturated carbocycles. The summed E-state index contributed by atoms with van der Waals surface area (Å²) in [7, 11) is 1.56. The fourth-order valence-corrected chi connectivity index (χ4v) is 2.13. The highest BCUT2D eigenvalue weighted by molar-refractivity contribution is 5.82. The van der Waals surface area contributed by atoms with Crippen molar-refractivity contribution >= 4 is 5.91 Å². The summed E-state index contributed by atoms with van der Waals surface area (Å²) >= 11 is 0. The summed E-state index contributed by atoms with van der Waals surface area (Å²) in [6, 6.07) is 9.53. The van der Waals surface area contributed by atoms with E-state index in [2.05, 4.69) is 5.92 Å². The Kier molecular flexibility index (Phi) is 4.59. The SMILES string of the molecule is C#CCN(CC1CC1)C(=O)C(OC)c1ccccc1. The first-order valence-corrected chi connectivity index (χ1v) is 6.56. The van der Waals surface area contributed by atoms with Crippen LogP contribution in [-0.2, 0) is 9.53 Å². The molecule has 100 valence electrons. The molecular weight excluding hydrogens is 238 g/mol. The predicted octanol–water partition coefficient (Wildman–Crippen LogP) is 2.25. The van der Waals surface area contributed by atoms with Crippen molar-refractivity contribution in [1.29, 1.82) is 0 Å². The Morgan fingerprint density at radius 1 is 1.47 bits per heavy atom. The second kappa shape index (κ2) is 6.40. The Balaban J connectivity index is 2.11. The molecule has 0 bridgehead atoms. The zero-order valence-corrected chi connectivity index (χ0v) is 11.2. The number of terminal acetylenes is 1. The average molecular weight is 257 g/mol. The normalized spacial score (nSPS) is 15.6. The summed E-state index contributed by atoms with van der Waals surface area (Å²) in [6.45, 7) is 1.09. The molecule has 1 aromatic carbocycles. The maximum Gasteiger partial charge on any atom is 0.257 e. The summed E-state index contributed by atoms with van der Waals surface area (Å²) in [6.07, 6.45) is 7.18. The second-order valence-corrected chi connectivity index (χ2v) is 4.89. The maximum atomic E-state index is 12.5. The molecule has 1 atom stereocenters. The molecule has 1 amide bonds. The van der Waals surface area contributed by atoms with Crippen LogP contribution in [0.2, 0.25) is 0 Å². The molecule has 3 heteroatoms. The van der Waals surface area contributed by atoms with Gasteiger partial charge in [0.2, 0.25) is 0 Å². The first kappa shape index (κ1) is 13.6. The highest BCUT2D eigenvalue weighted by Gasteiger charge is 2.30. The van der Waals surface area contributed by atoms with Crippen LogP contribution in [0.4, 0.5) is 0 Å². The molecule has 19 heavy (non-hydrogen) atoms. The van der Waals surface area contributed by atoms with Gasteiger partial charge in [0, 0.05) is 13.7 Å². The summed E-state index contributed by atoms with van der Waals surface area (Å²) in [5.41, 5.74) is 0.868. The largest absolute Gasteiger partial charge is 0.367 e. The zero-order chi connectivity index (χ0) is 13.7. The van der Waals surface area contributed by atoms with Gasteiger partial charge in [-0.15, -0.1) is 6.42 Å². The lowest BCUT2D eigenvalue weighted by atomic mass is 10.1. The monoisotopic (exact) mass is 257 g/mol. The van der Waals surface area contributed by atoms with Crippen molar-refractivity contribution in [3.05, 3.63) is 35.9 Å². The molecule has 0 heterocycles. The number of amides is 1. The van der Waals surface area contributed by atoms with Gasteiger partial charge >= 0.3 is 0 Å². The minimum absolute atomic E-state index is 0.0430. The Bertz CT molecular complexity index is 459. The van der Waals surface area contributed by atoms with Gasteiger partial charge in [-0.05, 0) is 24.3 Å². The first-order chi connectivity index (χ1) is 9.26. The third-order valence-corrected chi connectivity index (χ3v) is 3.33. The Hall–Kier alpha value is -1.79. The molecule has 1 unspecified atom stereocenters. The average Bonchev–Trinajstić information content (AvgIpc) is 3.24. The topological polar surface area (TPSA) is 29.5 Å². The highest BCUT2D eigenvalue weighted by Crippen LogP contribution is 2.30. The zero-order valence-electron chi connectivity index (χ0n) is 11.2. The minimum Gasteiger partial charge on any atom is -0.367 e. The molecule has 1 aromatic rings. The number of carbonyl (C=O) groups excluding carboxylic acids is 1. The van der Waals surface area contributed by atoms with Crippen LogP contribution in [0, 0.1) is 18.3 Å². The molecule has 0 saturated heterocycles. The van der Waals surface area contributed by atoms with E-state index in [9.17, 15) is 4.79 Å². The summed E-state index contributed by atoms with van der Waals surface area (Å²) < 4.78 is 5.37. The maximum absolute atomic E-state index is 12.5. The third-order valence-electron chi connectivity index (χ3n) is 3.33. The van der Waals surface area contributed by atoms with E-state index in [0.717, 1.165) is 12.1 Å². The standard InChI is InChI=1S/C16H19NO2/c1-3-11-17(12-13-9-10-13)16(18)15(19-2)14-7-5-4-6-8-14/h1,4-8,13,15H,9-12H2,2H3. The van der Waals surface area contributed by atoms with Crippen LogP contribution < -0.4 is 0 Å². The highest BCUT2D eigenvalue weighted by atomic mass is 16.5. The van der Waals surface area contributed by atoms with E-state index in [1.54, 1.807) is 12.0 Å². The van der Waals surface area contributed by atoms with E-state index in [1.165, 1.54) is 12.8 Å². The lowest BCUT2D eigenvalue weighted by Gasteiger charge is -2.25. The summed E-state index contributed by atoms with van der Waals surface area (Å²) in [5, 5.41) is 0. The van der Waals surface area contributed by atoms with Gasteiger partial charge in [-0.2, -0.15) is 0 Å². The smallest absolute Gasteiger partial charge is 0.257 e. The first-order valence-electron chi connectivity index (χ1n) is 6.56. The van der Waals surface area contributed by atoms with E-state index in [0.29, 0.717) is 12.5 Å². The van der Waals surface area contributed by atoms with Crippen LogP contribution in [0.3, 0.4) is 0 Å². The molecule has 1 aliphatic carbocycles. The van der Waals surface area contributed by atoms with Crippen molar-refractivity contribution in [3.8, 4) is 12.3 Å². The van der Waals surface area contributed by atoms with Crippen LogP contribution >= 0.6 is 0 Å². The number of ether oxygens (including phenoxy) is 1. The van der Waals surface area contributed by atoms with Crippen LogP contribution in [0.15, 0.2) is 30.3 Å². The van der Waals surface area contributed by atoms with Crippen molar-refractivity contribution in [2.75, 3.05) is 20.2 Å². The quantitative estimate of drug-likeness (QED) is 0.731. The molecule has 0 radical (unpaired) electrons. The van der Waals surface area contributed by atoms with Gasteiger partial charge < -0.3 is 9.64 Å².